The van der Waals surface area contributed by atoms with Crippen molar-refractivity contribution in [3.05, 3.63) is 33.9 Å². The molecule has 1 atom stereocenters. The quantitative estimate of drug-likeness (QED) is 0.449. The summed E-state index contributed by atoms with van der Waals surface area (Å²) in [5.41, 5.74) is 0.551. The Morgan fingerprint density at radius 1 is 1.48 bits per heavy atom. The van der Waals surface area contributed by atoms with Gasteiger partial charge in [0, 0.05) is 12.6 Å². The second-order valence-corrected chi connectivity index (χ2v) is 6.79. The maximum atomic E-state index is 12.6. The molecule has 1 fully saturated rings. The van der Waals surface area contributed by atoms with Gasteiger partial charge in [0.05, 0.1) is 11.5 Å². The molecule has 1 saturated carbocycles. The van der Waals surface area contributed by atoms with Gasteiger partial charge < -0.3 is 4.52 Å². The molecule has 1 aliphatic carbocycles. The molecule has 8 heteroatoms. The largest absolute Gasteiger partial charge is 0.458 e. The summed E-state index contributed by atoms with van der Waals surface area (Å²) < 4.78 is 23.2. The molecule has 0 amide bonds. The van der Waals surface area contributed by atoms with Gasteiger partial charge in [-0.25, -0.2) is 9.65 Å². The van der Waals surface area contributed by atoms with E-state index in [1.165, 1.54) is 12.1 Å². The first-order valence-corrected chi connectivity index (χ1v) is 8.42. The first kappa shape index (κ1) is 15.9. The number of nitrogens with one attached hydrogen (secondary N) is 1. The Hall–Kier alpha value is -1.43. The molecule has 0 saturated heterocycles. The molecule has 0 aliphatic heterocycles. The number of aryl methyl sites for hydroxylation is 1. The highest BCUT2D eigenvalue weighted by Gasteiger charge is 2.32. The molecule has 0 aromatic heterocycles. The lowest BCUT2D eigenvalue weighted by molar-refractivity contribution is -0.385. The number of rotatable bonds is 8. The maximum Gasteiger partial charge on any atom is 0.458 e. The second-order valence-electron chi connectivity index (χ2n) is 5.04. The summed E-state index contributed by atoms with van der Waals surface area (Å²) in [5, 5.41) is 13.8. The van der Waals surface area contributed by atoms with Crippen molar-refractivity contribution in [3.8, 4) is 5.75 Å². The predicted molar refractivity (Wildman–Crippen MR) is 78.4 cm³/mol. The van der Waals surface area contributed by atoms with E-state index in [9.17, 15) is 14.7 Å². The summed E-state index contributed by atoms with van der Waals surface area (Å²) in [5.74, 6) is 0.440. The van der Waals surface area contributed by atoms with Gasteiger partial charge in [-0.15, -0.1) is 0 Å². The van der Waals surface area contributed by atoms with Crippen molar-refractivity contribution < 1.29 is 18.5 Å². The maximum absolute atomic E-state index is 12.6. The monoisotopic (exact) mass is 314 g/mol. The van der Waals surface area contributed by atoms with Crippen LogP contribution in [0.4, 0.5) is 5.69 Å². The zero-order valence-corrected chi connectivity index (χ0v) is 13.0. The molecule has 21 heavy (non-hydrogen) atoms. The lowest BCUT2D eigenvalue weighted by Gasteiger charge is -2.19. The van der Waals surface area contributed by atoms with Crippen LogP contribution in [0.15, 0.2) is 18.2 Å². The first-order valence-electron chi connectivity index (χ1n) is 6.88. The van der Waals surface area contributed by atoms with Crippen LogP contribution in [0.1, 0.15) is 25.3 Å². The van der Waals surface area contributed by atoms with Crippen molar-refractivity contribution >= 4 is 13.4 Å². The van der Waals surface area contributed by atoms with Crippen molar-refractivity contribution in [2.45, 2.75) is 26.7 Å². The number of nitro benzene ring substituents is 1. The minimum absolute atomic E-state index is 0.0416. The zero-order valence-electron chi connectivity index (χ0n) is 12.1. The normalized spacial score (nSPS) is 17.2. The average Bonchev–Trinajstić information content (AvgIpc) is 3.20. The van der Waals surface area contributed by atoms with Gasteiger partial charge in [0.1, 0.15) is 0 Å². The summed E-state index contributed by atoms with van der Waals surface area (Å²) in [4.78, 5) is 10.5. The van der Waals surface area contributed by atoms with Gasteiger partial charge in [0.2, 0.25) is 5.75 Å². The SMILES string of the molecule is CCOP(=O)(NCC1CC1)Oc1cc(C)ccc1[N+](=O)[O-]. The van der Waals surface area contributed by atoms with Crippen LogP contribution < -0.4 is 9.61 Å². The Kier molecular flexibility index (Phi) is 4.98. The van der Waals surface area contributed by atoms with Gasteiger partial charge in [-0.3, -0.25) is 14.6 Å². The Morgan fingerprint density at radius 3 is 2.76 bits per heavy atom. The summed E-state index contributed by atoms with van der Waals surface area (Å²) in [6.45, 7) is 4.19. The van der Waals surface area contributed by atoms with Crippen LogP contribution in [0.5, 0.6) is 5.75 Å². The summed E-state index contributed by atoms with van der Waals surface area (Å²) in [7, 11) is -3.60. The third-order valence-electron chi connectivity index (χ3n) is 3.10. The fourth-order valence-electron chi connectivity index (χ4n) is 1.81. The fraction of sp³-hybridized carbons (Fsp3) is 0.538. The van der Waals surface area contributed by atoms with E-state index in [0.29, 0.717) is 12.5 Å². The predicted octanol–water partition coefficient (Wildman–Crippen LogP) is 3.43. The van der Waals surface area contributed by atoms with Crippen LogP contribution in [0.25, 0.3) is 0 Å². The third kappa shape index (κ3) is 4.52. The summed E-state index contributed by atoms with van der Waals surface area (Å²) >= 11 is 0. The molecule has 0 spiro atoms. The molecule has 1 aromatic carbocycles. The highest BCUT2D eigenvalue weighted by atomic mass is 31.2. The van der Waals surface area contributed by atoms with Gasteiger partial charge in [-0.05, 0) is 44.2 Å². The molecule has 1 unspecified atom stereocenters. The minimum Gasteiger partial charge on any atom is -0.406 e. The molecule has 1 aromatic rings. The zero-order chi connectivity index (χ0) is 15.5. The Bertz CT molecular complexity index is 574. The standard InChI is InChI=1S/C13H19N2O5P/c1-3-19-21(18,14-9-11-5-6-11)20-13-8-10(2)4-7-12(13)15(16)17/h4,7-8,11H,3,5-6,9H2,1-2H3,(H,14,18). The lowest BCUT2D eigenvalue weighted by atomic mass is 10.2. The molecular weight excluding hydrogens is 295 g/mol. The van der Waals surface area contributed by atoms with Crippen LogP contribution in [0.3, 0.4) is 0 Å². The minimum atomic E-state index is -3.60. The number of benzene rings is 1. The van der Waals surface area contributed by atoms with E-state index in [2.05, 4.69) is 5.09 Å². The number of nitro groups is 1. The van der Waals surface area contributed by atoms with Gasteiger partial charge in [-0.2, -0.15) is 0 Å². The third-order valence-corrected chi connectivity index (χ3v) is 4.71. The lowest BCUT2D eigenvalue weighted by Crippen LogP contribution is -2.19. The highest BCUT2D eigenvalue weighted by Crippen LogP contribution is 2.47. The first-order chi connectivity index (χ1) is 9.93. The Balaban J connectivity index is 2.20. The Labute approximate surface area is 123 Å². The van der Waals surface area contributed by atoms with Gasteiger partial charge in [0.15, 0.2) is 0 Å². The van der Waals surface area contributed by atoms with E-state index in [1.54, 1.807) is 19.9 Å². The van der Waals surface area contributed by atoms with Crippen LogP contribution >= 0.6 is 7.75 Å². The van der Waals surface area contributed by atoms with Crippen molar-refractivity contribution in [2.24, 2.45) is 5.92 Å². The van der Waals surface area contributed by atoms with Crippen molar-refractivity contribution in [1.82, 2.24) is 5.09 Å². The highest BCUT2D eigenvalue weighted by molar-refractivity contribution is 7.52. The van der Waals surface area contributed by atoms with Crippen LogP contribution in [0.2, 0.25) is 0 Å². The average molecular weight is 314 g/mol. The van der Waals surface area contributed by atoms with Crippen molar-refractivity contribution in [3.63, 3.8) is 0 Å². The van der Waals surface area contributed by atoms with E-state index in [4.69, 9.17) is 9.05 Å². The number of hydrogen-bond donors (Lipinski definition) is 1. The van der Waals surface area contributed by atoms with Crippen LogP contribution in [-0.2, 0) is 9.09 Å². The smallest absolute Gasteiger partial charge is 0.406 e. The van der Waals surface area contributed by atoms with Gasteiger partial charge in [-0.1, -0.05) is 6.07 Å². The molecule has 1 N–H and O–H groups in total. The number of hydrogen-bond acceptors (Lipinski definition) is 5. The van der Waals surface area contributed by atoms with Crippen LogP contribution in [-0.4, -0.2) is 18.1 Å². The van der Waals surface area contributed by atoms with Crippen LogP contribution in [0, 0.1) is 23.0 Å². The van der Waals surface area contributed by atoms with Gasteiger partial charge >= 0.3 is 13.4 Å². The van der Waals surface area contributed by atoms with E-state index in [-0.39, 0.29) is 18.0 Å². The molecule has 2 rings (SSSR count). The molecule has 1 aliphatic rings. The molecule has 0 radical (unpaired) electrons. The van der Waals surface area contributed by atoms with Crippen molar-refractivity contribution in [1.29, 1.82) is 0 Å². The molecular formula is C13H19N2O5P. The second kappa shape index (κ2) is 6.56. The fourth-order valence-corrected chi connectivity index (χ4v) is 3.25. The molecule has 7 nitrogen and oxygen atoms in total. The molecule has 0 heterocycles. The van der Waals surface area contributed by atoms with Crippen molar-refractivity contribution in [2.75, 3.05) is 13.2 Å². The molecule has 116 valence electrons. The number of nitrogens with zero attached hydrogens (tertiary/aromatic N) is 1. The summed E-state index contributed by atoms with van der Waals surface area (Å²) in [6.07, 6.45) is 2.17. The van der Waals surface area contributed by atoms with Gasteiger partial charge in [0.25, 0.3) is 0 Å². The van der Waals surface area contributed by atoms with E-state index in [0.717, 1.165) is 18.4 Å². The summed E-state index contributed by atoms with van der Waals surface area (Å²) in [6, 6.07) is 4.43. The Morgan fingerprint density at radius 2 is 2.19 bits per heavy atom. The van der Waals surface area contributed by atoms with E-state index < -0.39 is 12.7 Å². The topological polar surface area (TPSA) is 90.7 Å². The van der Waals surface area contributed by atoms with E-state index in [1.807, 2.05) is 0 Å². The molecule has 0 bridgehead atoms. The van der Waals surface area contributed by atoms with E-state index >= 15 is 0 Å².